The fourth-order valence-electron chi connectivity index (χ4n) is 2.39. The summed E-state index contributed by atoms with van der Waals surface area (Å²) in [6, 6.07) is 16.8. The zero-order chi connectivity index (χ0) is 13.2. The highest BCUT2D eigenvalue weighted by molar-refractivity contribution is 6.00. The van der Waals surface area contributed by atoms with Crippen molar-refractivity contribution in [3.8, 4) is 5.75 Å². The molecule has 0 radical (unpaired) electrons. The second-order valence-electron chi connectivity index (χ2n) is 4.46. The largest absolute Gasteiger partial charge is 0.479 e. The number of fused-ring (bicyclic) bond motifs is 1. The molecule has 2 aromatic carbocycles. The van der Waals surface area contributed by atoms with E-state index < -0.39 is 6.10 Å². The molecule has 96 valence electrons. The minimum absolute atomic E-state index is 0.0522. The third-order valence-corrected chi connectivity index (χ3v) is 3.33. The summed E-state index contributed by atoms with van der Waals surface area (Å²) < 4.78 is 11.2. The first-order chi connectivity index (χ1) is 9.31. The minimum Gasteiger partial charge on any atom is -0.479 e. The van der Waals surface area contributed by atoms with Gasteiger partial charge in [-0.05, 0) is 6.07 Å². The molecule has 1 heterocycles. The van der Waals surface area contributed by atoms with Crippen molar-refractivity contribution in [2.24, 2.45) is 0 Å². The van der Waals surface area contributed by atoms with E-state index in [0.717, 1.165) is 11.3 Å². The summed E-state index contributed by atoms with van der Waals surface area (Å²) in [6.07, 6.45) is -0.950. The Labute approximate surface area is 111 Å². The van der Waals surface area contributed by atoms with Crippen molar-refractivity contribution in [1.29, 1.82) is 0 Å². The van der Waals surface area contributed by atoms with Gasteiger partial charge in [0.15, 0.2) is 6.10 Å². The van der Waals surface area contributed by atoms with Crippen molar-refractivity contribution in [1.82, 2.24) is 0 Å². The molecular weight excluding hydrogens is 240 g/mol. The van der Waals surface area contributed by atoms with E-state index in [2.05, 4.69) is 0 Å². The number of rotatable bonds is 3. The molecule has 1 aliphatic heterocycles. The molecule has 0 aliphatic carbocycles. The van der Waals surface area contributed by atoms with Crippen LogP contribution in [0.3, 0.4) is 0 Å². The van der Waals surface area contributed by atoms with Crippen LogP contribution >= 0.6 is 0 Å². The van der Waals surface area contributed by atoms with E-state index >= 15 is 0 Å². The molecule has 3 heteroatoms. The molecule has 1 aliphatic rings. The molecule has 0 aromatic heterocycles. The first kappa shape index (κ1) is 11.9. The predicted molar refractivity (Wildman–Crippen MR) is 71.4 cm³/mol. The number of ether oxygens (including phenoxy) is 2. The summed E-state index contributed by atoms with van der Waals surface area (Å²) >= 11 is 0. The standard InChI is InChI=1S/C16H14O3/c1-18-15-12-9-5-6-10-13(12)19-16(15)14(17)11-7-3-2-4-8-11/h2-10,15-16H,1H3. The maximum Gasteiger partial charge on any atom is 0.206 e. The normalized spacial score (nSPS) is 20.7. The van der Waals surface area contributed by atoms with Crippen LogP contribution < -0.4 is 4.74 Å². The van der Waals surface area contributed by atoms with Crippen LogP contribution in [-0.4, -0.2) is 19.0 Å². The molecule has 3 rings (SSSR count). The highest BCUT2D eigenvalue weighted by Gasteiger charge is 2.39. The van der Waals surface area contributed by atoms with E-state index in [-0.39, 0.29) is 11.9 Å². The van der Waals surface area contributed by atoms with Gasteiger partial charge in [0.25, 0.3) is 0 Å². The maximum absolute atomic E-state index is 12.5. The van der Waals surface area contributed by atoms with Crippen LogP contribution in [0.4, 0.5) is 0 Å². The minimum atomic E-state index is -0.607. The van der Waals surface area contributed by atoms with Gasteiger partial charge in [-0.15, -0.1) is 0 Å². The van der Waals surface area contributed by atoms with Gasteiger partial charge in [0.1, 0.15) is 11.9 Å². The van der Waals surface area contributed by atoms with Gasteiger partial charge in [-0.2, -0.15) is 0 Å². The highest BCUT2D eigenvalue weighted by atomic mass is 16.6. The van der Waals surface area contributed by atoms with E-state index in [9.17, 15) is 4.79 Å². The Kier molecular flexibility index (Phi) is 3.05. The van der Waals surface area contributed by atoms with Crippen molar-refractivity contribution in [2.75, 3.05) is 7.11 Å². The molecule has 2 atom stereocenters. The number of hydrogen-bond donors (Lipinski definition) is 0. The highest BCUT2D eigenvalue weighted by Crippen LogP contribution is 2.39. The molecule has 0 saturated heterocycles. The lowest BCUT2D eigenvalue weighted by molar-refractivity contribution is 0.0264. The van der Waals surface area contributed by atoms with Crippen LogP contribution in [0.15, 0.2) is 54.6 Å². The van der Waals surface area contributed by atoms with Crippen molar-refractivity contribution in [2.45, 2.75) is 12.2 Å². The number of carbonyl (C=O) groups excluding carboxylic acids is 1. The molecule has 0 N–H and O–H groups in total. The molecule has 2 unspecified atom stereocenters. The number of hydrogen-bond acceptors (Lipinski definition) is 3. The summed E-state index contributed by atoms with van der Waals surface area (Å²) in [5.74, 6) is 0.673. The second-order valence-corrected chi connectivity index (χ2v) is 4.46. The summed E-state index contributed by atoms with van der Waals surface area (Å²) in [5, 5.41) is 0. The molecule has 0 spiro atoms. The number of Topliss-reactive ketones (excluding diaryl/α,β-unsaturated/α-hetero) is 1. The van der Waals surface area contributed by atoms with Crippen molar-refractivity contribution < 1.29 is 14.3 Å². The number of methoxy groups -OCH3 is 1. The van der Waals surface area contributed by atoms with Gasteiger partial charge in [-0.25, -0.2) is 0 Å². The lowest BCUT2D eigenvalue weighted by Gasteiger charge is -2.16. The van der Waals surface area contributed by atoms with E-state index in [1.807, 2.05) is 42.5 Å². The van der Waals surface area contributed by atoms with Crippen LogP contribution in [0.5, 0.6) is 5.75 Å². The summed E-state index contributed by atoms with van der Waals surface area (Å²) in [5.41, 5.74) is 1.57. The van der Waals surface area contributed by atoms with Gasteiger partial charge >= 0.3 is 0 Å². The second kappa shape index (κ2) is 4.86. The fraction of sp³-hybridized carbons (Fsp3) is 0.188. The topological polar surface area (TPSA) is 35.5 Å². The average Bonchev–Trinajstić information content (AvgIpc) is 2.85. The molecule has 0 amide bonds. The molecule has 0 saturated carbocycles. The molecular formula is C16H14O3. The van der Waals surface area contributed by atoms with Crippen LogP contribution in [0.25, 0.3) is 0 Å². The monoisotopic (exact) mass is 254 g/mol. The number of para-hydroxylation sites is 1. The van der Waals surface area contributed by atoms with Gasteiger partial charge in [-0.1, -0.05) is 48.5 Å². The van der Waals surface area contributed by atoms with Gasteiger partial charge in [0.05, 0.1) is 0 Å². The molecule has 0 fully saturated rings. The van der Waals surface area contributed by atoms with Crippen LogP contribution in [0, 0.1) is 0 Å². The average molecular weight is 254 g/mol. The van der Waals surface area contributed by atoms with Crippen LogP contribution in [-0.2, 0) is 4.74 Å². The van der Waals surface area contributed by atoms with E-state index in [0.29, 0.717) is 5.56 Å². The van der Waals surface area contributed by atoms with Crippen LogP contribution in [0.2, 0.25) is 0 Å². The van der Waals surface area contributed by atoms with Crippen molar-refractivity contribution in [3.63, 3.8) is 0 Å². The number of ketones is 1. The van der Waals surface area contributed by atoms with Gasteiger partial charge in [0, 0.05) is 18.2 Å². The smallest absolute Gasteiger partial charge is 0.206 e. The van der Waals surface area contributed by atoms with E-state index in [1.54, 1.807) is 19.2 Å². The zero-order valence-corrected chi connectivity index (χ0v) is 10.6. The molecule has 19 heavy (non-hydrogen) atoms. The first-order valence-corrected chi connectivity index (χ1v) is 6.19. The number of benzene rings is 2. The summed E-state index contributed by atoms with van der Waals surface area (Å²) in [6.45, 7) is 0. The molecule has 0 bridgehead atoms. The summed E-state index contributed by atoms with van der Waals surface area (Å²) in [7, 11) is 1.60. The first-order valence-electron chi connectivity index (χ1n) is 6.19. The Morgan fingerprint density at radius 2 is 1.74 bits per heavy atom. The SMILES string of the molecule is COC1c2ccccc2OC1C(=O)c1ccccc1. The molecule has 3 nitrogen and oxygen atoms in total. The fourth-order valence-corrected chi connectivity index (χ4v) is 2.39. The van der Waals surface area contributed by atoms with E-state index in [4.69, 9.17) is 9.47 Å². The third-order valence-electron chi connectivity index (χ3n) is 3.33. The quantitative estimate of drug-likeness (QED) is 0.790. The third kappa shape index (κ3) is 2.02. The van der Waals surface area contributed by atoms with Crippen molar-refractivity contribution in [3.05, 3.63) is 65.7 Å². The maximum atomic E-state index is 12.5. The van der Waals surface area contributed by atoms with Crippen LogP contribution in [0.1, 0.15) is 22.0 Å². The van der Waals surface area contributed by atoms with Crippen molar-refractivity contribution >= 4 is 5.78 Å². The Balaban J connectivity index is 1.93. The Bertz CT molecular complexity index is 592. The Morgan fingerprint density at radius 1 is 1.05 bits per heavy atom. The predicted octanol–water partition coefficient (Wildman–Crippen LogP) is 3.02. The Morgan fingerprint density at radius 3 is 2.47 bits per heavy atom. The zero-order valence-electron chi connectivity index (χ0n) is 10.6. The Hall–Kier alpha value is -2.13. The van der Waals surface area contributed by atoms with Gasteiger partial charge in [-0.3, -0.25) is 4.79 Å². The molecule has 2 aromatic rings. The number of carbonyl (C=O) groups is 1. The van der Waals surface area contributed by atoms with Gasteiger partial charge in [0.2, 0.25) is 5.78 Å². The summed E-state index contributed by atoms with van der Waals surface area (Å²) in [4.78, 5) is 12.5. The van der Waals surface area contributed by atoms with E-state index in [1.165, 1.54) is 0 Å². The van der Waals surface area contributed by atoms with Gasteiger partial charge < -0.3 is 9.47 Å². The lowest BCUT2D eigenvalue weighted by atomic mass is 9.99. The lowest BCUT2D eigenvalue weighted by Crippen LogP contribution is -2.30.